The Hall–Kier alpha value is -1.31. The smallest absolute Gasteiger partial charge is 0.313 e. The van der Waals surface area contributed by atoms with Gasteiger partial charge in [0, 0.05) is 0 Å². The average Bonchev–Trinajstić information content (AvgIpc) is 2.65. The van der Waals surface area contributed by atoms with Gasteiger partial charge in [-0.05, 0) is 35.8 Å². The molecule has 5 rings (SSSR count). The molecule has 1 saturated heterocycles. The van der Waals surface area contributed by atoms with Gasteiger partial charge in [-0.25, -0.2) is 0 Å². The molecule has 1 aliphatic heterocycles. The maximum Gasteiger partial charge on any atom is 0.313 e. The summed E-state index contributed by atoms with van der Waals surface area (Å²) in [6.45, 7) is 0.643. The van der Waals surface area contributed by atoms with Gasteiger partial charge in [0.1, 0.15) is 6.61 Å². The van der Waals surface area contributed by atoms with E-state index in [9.17, 15) is 4.79 Å². The fraction of sp³-hybridized carbons (Fsp3) is 0.500. The maximum absolute atomic E-state index is 12.0. The number of ether oxygens (including phenoxy) is 1. The number of hydrogen-bond acceptors (Lipinski definition) is 2. The number of carbonyl (C=O) groups excluding carboxylic acids is 1. The van der Waals surface area contributed by atoms with E-state index >= 15 is 0 Å². The zero-order valence-electron chi connectivity index (χ0n) is 8.90. The number of benzene rings is 1. The van der Waals surface area contributed by atoms with Crippen molar-refractivity contribution < 1.29 is 9.53 Å². The van der Waals surface area contributed by atoms with Gasteiger partial charge in [0.2, 0.25) is 0 Å². The number of cyclic esters (lactones) is 1. The van der Waals surface area contributed by atoms with Gasteiger partial charge in [0.05, 0.1) is 10.8 Å². The predicted octanol–water partition coefficient (Wildman–Crippen LogP) is 1.99. The summed E-state index contributed by atoms with van der Waals surface area (Å²) >= 11 is 0. The fourth-order valence-corrected chi connectivity index (χ4v) is 5.23. The molecule has 3 fully saturated rings. The molecule has 0 amide bonds. The van der Waals surface area contributed by atoms with Crippen LogP contribution in [0.4, 0.5) is 0 Å². The first-order chi connectivity index (χ1) is 7.82. The van der Waals surface area contributed by atoms with Crippen LogP contribution in [0.25, 0.3) is 0 Å². The van der Waals surface area contributed by atoms with Crippen LogP contribution in [-0.2, 0) is 14.9 Å². The molecule has 0 aromatic heterocycles. The first-order valence-electron chi connectivity index (χ1n) is 6.09. The highest BCUT2D eigenvalue weighted by atomic mass is 16.5. The van der Waals surface area contributed by atoms with Gasteiger partial charge in [-0.1, -0.05) is 24.3 Å². The summed E-state index contributed by atoms with van der Waals surface area (Å²) in [7, 11) is 0. The van der Waals surface area contributed by atoms with Gasteiger partial charge in [-0.15, -0.1) is 0 Å². The second-order valence-electron chi connectivity index (χ2n) is 5.73. The van der Waals surface area contributed by atoms with Crippen LogP contribution in [0.1, 0.15) is 29.9 Å². The number of fused-ring (bicyclic) bond motifs is 2. The molecule has 0 bridgehead atoms. The highest BCUT2D eigenvalue weighted by Gasteiger charge is 2.91. The van der Waals surface area contributed by atoms with E-state index in [1.165, 1.54) is 17.5 Å². The predicted molar refractivity (Wildman–Crippen MR) is 57.0 cm³/mol. The highest BCUT2D eigenvalue weighted by molar-refractivity contribution is 5.91. The van der Waals surface area contributed by atoms with E-state index in [1.54, 1.807) is 0 Å². The van der Waals surface area contributed by atoms with E-state index in [0.29, 0.717) is 18.4 Å². The van der Waals surface area contributed by atoms with Crippen molar-refractivity contribution in [3.63, 3.8) is 0 Å². The lowest BCUT2D eigenvalue weighted by molar-refractivity contribution is -0.145. The largest absolute Gasteiger partial charge is 0.464 e. The summed E-state index contributed by atoms with van der Waals surface area (Å²) in [5.41, 5.74) is 2.93. The minimum atomic E-state index is -0.0912. The van der Waals surface area contributed by atoms with E-state index in [2.05, 4.69) is 24.3 Å². The zero-order chi connectivity index (χ0) is 10.5. The molecule has 0 N–H and O–H groups in total. The third-order valence-corrected chi connectivity index (χ3v) is 5.66. The van der Waals surface area contributed by atoms with Crippen LogP contribution in [0.5, 0.6) is 0 Å². The molecule has 1 heterocycles. The van der Waals surface area contributed by atoms with Crippen molar-refractivity contribution in [1.82, 2.24) is 0 Å². The molecular formula is C14H12O2. The van der Waals surface area contributed by atoms with Crippen LogP contribution in [0, 0.1) is 11.3 Å². The van der Waals surface area contributed by atoms with E-state index in [-0.39, 0.29) is 16.8 Å². The molecule has 2 heteroatoms. The Morgan fingerprint density at radius 1 is 1.25 bits per heavy atom. The van der Waals surface area contributed by atoms with Crippen LogP contribution >= 0.6 is 0 Å². The fourth-order valence-electron chi connectivity index (χ4n) is 5.23. The topological polar surface area (TPSA) is 26.3 Å². The van der Waals surface area contributed by atoms with Crippen molar-refractivity contribution in [3.05, 3.63) is 35.4 Å². The average molecular weight is 212 g/mol. The molecule has 0 radical (unpaired) electrons. The second kappa shape index (κ2) is 1.94. The standard InChI is InChI=1S/C14H12O2/c15-12-13-6-5-9-8-3-1-2-4-10(8)14(13,7-16-12)11(9)13/h1-4,9,11H,5-7H2. The Bertz CT molecular complexity index is 549. The quantitative estimate of drug-likeness (QED) is 0.615. The van der Waals surface area contributed by atoms with Crippen LogP contribution in [-0.4, -0.2) is 12.6 Å². The van der Waals surface area contributed by atoms with Gasteiger partial charge < -0.3 is 4.74 Å². The number of esters is 1. The zero-order valence-corrected chi connectivity index (χ0v) is 8.90. The number of carbonyl (C=O) groups is 1. The van der Waals surface area contributed by atoms with Gasteiger partial charge in [-0.2, -0.15) is 0 Å². The summed E-state index contributed by atoms with van der Waals surface area (Å²) in [5.74, 6) is 1.32. The lowest BCUT2D eigenvalue weighted by Crippen LogP contribution is -2.18. The Kier molecular flexibility index (Phi) is 0.957. The normalized spacial score (nSPS) is 49.6. The molecular weight excluding hydrogens is 200 g/mol. The van der Waals surface area contributed by atoms with Crippen molar-refractivity contribution in [3.8, 4) is 0 Å². The van der Waals surface area contributed by atoms with Crippen LogP contribution in [0.15, 0.2) is 24.3 Å². The summed E-state index contributed by atoms with van der Waals surface area (Å²) < 4.78 is 5.36. The molecule has 1 aromatic rings. The van der Waals surface area contributed by atoms with E-state index in [0.717, 1.165) is 6.42 Å². The van der Waals surface area contributed by atoms with Crippen molar-refractivity contribution in [2.24, 2.45) is 11.3 Å². The maximum atomic E-state index is 12.0. The molecule has 2 spiro atoms. The first kappa shape index (κ1) is 7.88. The molecule has 3 aliphatic carbocycles. The van der Waals surface area contributed by atoms with Gasteiger partial charge in [0.25, 0.3) is 0 Å². The summed E-state index contributed by atoms with van der Waals surface area (Å²) in [6.07, 6.45) is 2.23. The molecule has 2 nitrogen and oxygen atoms in total. The van der Waals surface area contributed by atoms with Crippen LogP contribution < -0.4 is 0 Å². The summed E-state index contributed by atoms with van der Waals surface area (Å²) in [6, 6.07) is 8.69. The third kappa shape index (κ3) is 0.471. The van der Waals surface area contributed by atoms with Gasteiger partial charge in [-0.3, -0.25) is 4.79 Å². The van der Waals surface area contributed by atoms with E-state index in [4.69, 9.17) is 4.74 Å². The number of hydrogen-bond donors (Lipinski definition) is 0. The lowest BCUT2D eigenvalue weighted by atomic mass is 9.87. The second-order valence-corrected chi connectivity index (χ2v) is 5.73. The molecule has 2 saturated carbocycles. The van der Waals surface area contributed by atoms with Gasteiger partial charge >= 0.3 is 5.97 Å². The Balaban J connectivity index is 1.87. The van der Waals surface area contributed by atoms with Crippen LogP contribution in [0.3, 0.4) is 0 Å². The number of rotatable bonds is 0. The molecule has 4 aliphatic rings. The summed E-state index contributed by atoms with van der Waals surface area (Å²) in [5, 5.41) is 0. The van der Waals surface area contributed by atoms with Crippen molar-refractivity contribution in [2.75, 3.05) is 6.61 Å². The lowest BCUT2D eigenvalue weighted by Gasteiger charge is -2.12. The highest BCUT2D eigenvalue weighted by Crippen LogP contribution is 2.87. The monoisotopic (exact) mass is 212 g/mol. The Labute approximate surface area is 93.6 Å². The minimum absolute atomic E-state index is 0.0912. The molecule has 1 aromatic carbocycles. The van der Waals surface area contributed by atoms with Crippen molar-refractivity contribution in [2.45, 2.75) is 24.2 Å². The Morgan fingerprint density at radius 3 is 3.06 bits per heavy atom. The third-order valence-electron chi connectivity index (χ3n) is 5.66. The Morgan fingerprint density at radius 2 is 2.12 bits per heavy atom. The first-order valence-corrected chi connectivity index (χ1v) is 6.09. The van der Waals surface area contributed by atoms with Crippen LogP contribution in [0.2, 0.25) is 0 Å². The SMILES string of the molecule is O=C1OCC23c4ccccc4C4CCC12C43. The minimum Gasteiger partial charge on any atom is -0.464 e. The molecule has 4 unspecified atom stereocenters. The molecule has 80 valence electrons. The molecule has 16 heavy (non-hydrogen) atoms. The molecule has 4 atom stereocenters. The van der Waals surface area contributed by atoms with E-state index < -0.39 is 0 Å². The van der Waals surface area contributed by atoms with Crippen molar-refractivity contribution in [1.29, 1.82) is 0 Å². The van der Waals surface area contributed by atoms with Gasteiger partial charge in [0.15, 0.2) is 0 Å². The van der Waals surface area contributed by atoms with E-state index in [1.807, 2.05) is 0 Å². The van der Waals surface area contributed by atoms with Crippen molar-refractivity contribution >= 4 is 5.97 Å². The summed E-state index contributed by atoms with van der Waals surface area (Å²) in [4.78, 5) is 12.0.